The zero-order chi connectivity index (χ0) is 20.8. The maximum atomic E-state index is 13.7. The van der Waals surface area contributed by atoms with Crippen LogP contribution < -0.4 is 5.56 Å². The van der Waals surface area contributed by atoms with Crippen LogP contribution >= 0.6 is 11.3 Å². The van der Waals surface area contributed by atoms with Crippen molar-refractivity contribution in [1.29, 1.82) is 0 Å². The molecule has 5 nitrogen and oxygen atoms in total. The summed E-state index contributed by atoms with van der Waals surface area (Å²) in [4.78, 5) is 28.9. The molecule has 4 heterocycles. The third-order valence-corrected chi connectivity index (χ3v) is 6.51. The van der Waals surface area contributed by atoms with E-state index in [4.69, 9.17) is 4.74 Å². The first-order valence-electron chi connectivity index (χ1n) is 10.1. The van der Waals surface area contributed by atoms with Gasteiger partial charge in [-0.05, 0) is 48.4 Å². The molecule has 0 aliphatic carbocycles. The number of rotatable bonds is 2. The zero-order valence-corrected chi connectivity index (χ0v) is 17.7. The van der Waals surface area contributed by atoms with Crippen LogP contribution in [0.1, 0.15) is 24.2 Å². The van der Waals surface area contributed by atoms with Gasteiger partial charge in [0.1, 0.15) is 0 Å². The Hall–Kier alpha value is -2.96. The number of carbonyl (C=O) groups excluding carboxylic acids is 1. The minimum Gasteiger partial charge on any atom is -0.372 e. The summed E-state index contributed by atoms with van der Waals surface area (Å²) in [6.45, 7) is 5.04. The molecule has 6 heteroatoms. The minimum atomic E-state index is -0.119. The molecule has 0 radical (unpaired) electrons. The Morgan fingerprint density at radius 3 is 2.53 bits per heavy atom. The summed E-state index contributed by atoms with van der Waals surface area (Å²) in [5.41, 5.74) is 2.46. The van der Waals surface area contributed by atoms with E-state index >= 15 is 0 Å². The molecule has 0 N–H and O–H groups in total. The van der Waals surface area contributed by atoms with Crippen LogP contribution in [-0.2, 0) is 4.74 Å². The van der Waals surface area contributed by atoms with Gasteiger partial charge in [0.2, 0.25) is 0 Å². The number of thiophene rings is 1. The molecule has 0 bridgehead atoms. The lowest BCUT2D eigenvalue weighted by atomic mass is 10.0. The van der Waals surface area contributed by atoms with Crippen LogP contribution in [0.15, 0.2) is 64.9 Å². The number of aromatic nitrogens is 1. The van der Waals surface area contributed by atoms with E-state index in [1.807, 2.05) is 66.6 Å². The number of carbonyl (C=O) groups is 1. The number of benzene rings is 1. The van der Waals surface area contributed by atoms with Gasteiger partial charge in [0, 0.05) is 24.8 Å². The highest BCUT2D eigenvalue weighted by atomic mass is 32.1. The molecule has 1 saturated heterocycles. The number of morpholine rings is 1. The fraction of sp³-hybridized carbons (Fsp3) is 0.250. The van der Waals surface area contributed by atoms with E-state index in [0.717, 1.165) is 15.6 Å². The van der Waals surface area contributed by atoms with Crippen LogP contribution in [0.5, 0.6) is 0 Å². The van der Waals surface area contributed by atoms with Crippen LogP contribution in [0, 0.1) is 0 Å². The zero-order valence-electron chi connectivity index (χ0n) is 16.9. The van der Waals surface area contributed by atoms with Gasteiger partial charge in [-0.25, -0.2) is 0 Å². The highest BCUT2D eigenvalue weighted by Crippen LogP contribution is 2.30. The van der Waals surface area contributed by atoms with E-state index in [-0.39, 0.29) is 23.7 Å². The molecule has 2 unspecified atom stereocenters. The maximum Gasteiger partial charge on any atom is 0.263 e. The number of amides is 1. The highest BCUT2D eigenvalue weighted by Gasteiger charge is 2.29. The number of hydrogen-bond acceptors (Lipinski definition) is 4. The summed E-state index contributed by atoms with van der Waals surface area (Å²) in [6.07, 6.45) is 1.73. The molecule has 0 spiro atoms. The molecule has 5 rings (SSSR count). The summed E-state index contributed by atoms with van der Waals surface area (Å²) in [5, 5.41) is 3.03. The van der Waals surface area contributed by atoms with Crippen LogP contribution in [0.25, 0.3) is 26.7 Å². The van der Waals surface area contributed by atoms with Gasteiger partial charge in [-0.1, -0.05) is 30.3 Å². The molecule has 3 aromatic heterocycles. The average Bonchev–Trinajstić information content (AvgIpc) is 3.22. The lowest BCUT2D eigenvalue weighted by Crippen LogP contribution is -2.48. The van der Waals surface area contributed by atoms with E-state index < -0.39 is 0 Å². The summed E-state index contributed by atoms with van der Waals surface area (Å²) in [5.74, 6) is -0.0624. The van der Waals surface area contributed by atoms with E-state index in [2.05, 4.69) is 0 Å². The number of fused-ring (bicyclic) bond motifs is 3. The summed E-state index contributed by atoms with van der Waals surface area (Å²) in [7, 11) is 0. The van der Waals surface area contributed by atoms with Crippen molar-refractivity contribution in [2.75, 3.05) is 13.1 Å². The van der Waals surface area contributed by atoms with Crippen LogP contribution in [0.4, 0.5) is 0 Å². The standard InChI is InChI=1S/C24H22N2O3S/c1-15-13-25(14-16(2)29-15)23(27)20-12-19(17-6-4-3-5-7-17)24(28)26-10-8-18-9-11-30-22(18)21(20)26/h3-12,15-16H,13-14H2,1-2H3. The second-order valence-electron chi connectivity index (χ2n) is 7.85. The summed E-state index contributed by atoms with van der Waals surface area (Å²) in [6, 6.07) is 15.3. The van der Waals surface area contributed by atoms with Gasteiger partial charge in [0.15, 0.2) is 0 Å². The van der Waals surface area contributed by atoms with Crippen molar-refractivity contribution in [3.8, 4) is 11.1 Å². The summed E-state index contributed by atoms with van der Waals surface area (Å²) < 4.78 is 8.39. The predicted molar refractivity (Wildman–Crippen MR) is 120 cm³/mol. The molecule has 4 aromatic rings. The van der Waals surface area contributed by atoms with Gasteiger partial charge in [-0.2, -0.15) is 0 Å². The van der Waals surface area contributed by atoms with Crippen molar-refractivity contribution < 1.29 is 9.53 Å². The molecule has 1 aromatic carbocycles. The fourth-order valence-corrected chi connectivity index (χ4v) is 5.25. The second-order valence-corrected chi connectivity index (χ2v) is 8.77. The monoisotopic (exact) mass is 418 g/mol. The molecule has 1 fully saturated rings. The first-order chi connectivity index (χ1) is 14.5. The van der Waals surface area contributed by atoms with E-state index in [9.17, 15) is 9.59 Å². The molecule has 30 heavy (non-hydrogen) atoms. The van der Waals surface area contributed by atoms with Gasteiger partial charge in [0.05, 0.1) is 28.0 Å². The Balaban J connectivity index is 1.78. The average molecular weight is 419 g/mol. The highest BCUT2D eigenvalue weighted by molar-refractivity contribution is 7.18. The SMILES string of the molecule is CC1CN(C(=O)c2cc(-c3ccccc3)c(=O)n3ccc4ccsc4c23)CC(C)O1. The summed E-state index contributed by atoms with van der Waals surface area (Å²) >= 11 is 1.55. The first-order valence-corrected chi connectivity index (χ1v) is 11.0. The number of nitrogens with zero attached hydrogens (tertiary/aromatic N) is 2. The Labute approximate surface area is 178 Å². The third kappa shape index (κ3) is 3.13. The smallest absolute Gasteiger partial charge is 0.263 e. The van der Waals surface area contributed by atoms with Gasteiger partial charge < -0.3 is 9.64 Å². The molecule has 1 amide bonds. The van der Waals surface area contributed by atoms with Crippen LogP contribution in [-0.4, -0.2) is 40.5 Å². The van der Waals surface area contributed by atoms with Gasteiger partial charge in [0.25, 0.3) is 11.5 Å². The number of hydrogen-bond donors (Lipinski definition) is 0. The van der Waals surface area contributed by atoms with E-state index in [1.165, 1.54) is 0 Å². The third-order valence-electron chi connectivity index (χ3n) is 5.57. The molecule has 0 saturated carbocycles. The van der Waals surface area contributed by atoms with E-state index in [0.29, 0.717) is 29.7 Å². The Morgan fingerprint density at radius 2 is 1.80 bits per heavy atom. The Bertz CT molecular complexity index is 1300. The first kappa shape index (κ1) is 19.0. The van der Waals surface area contributed by atoms with E-state index in [1.54, 1.807) is 28.0 Å². The molecule has 1 aliphatic heterocycles. The van der Waals surface area contributed by atoms with Crippen molar-refractivity contribution >= 4 is 32.8 Å². The van der Waals surface area contributed by atoms with Gasteiger partial charge in [-0.3, -0.25) is 14.0 Å². The quantitative estimate of drug-likeness (QED) is 0.484. The normalized spacial score (nSPS) is 19.5. The fourth-order valence-electron chi connectivity index (χ4n) is 4.31. The van der Waals surface area contributed by atoms with Crippen molar-refractivity contribution in [2.24, 2.45) is 0 Å². The van der Waals surface area contributed by atoms with Crippen LogP contribution in [0.2, 0.25) is 0 Å². The second kappa shape index (κ2) is 7.38. The predicted octanol–water partition coefficient (Wildman–Crippen LogP) is 4.43. The van der Waals surface area contributed by atoms with Crippen LogP contribution in [0.3, 0.4) is 0 Å². The molecule has 2 atom stereocenters. The van der Waals surface area contributed by atoms with Crippen molar-refractivity contribution in [3.05, 3.63) is 76.0 Å². The van der Waals surface area contributed by atoms with Crippen molar-refractivity contribution in [2.45, 2.75) is 26.1 Å². The number of pyridine rings is 2. The molecule has 1 aliphatic rings. The van der Waals surface area contributed by atoms with Crippen molar-refractivity contribution in [1.82, 2.24) is 9.30 Å². The number of ether oxygens (including phenoxy) is 1. The largest absolute Gasteiger partial charge is 0.372 e. The Kier molecular flexibility index (Phi) is 4.68. The molecular weight excluding hydrogens is 396 g/mol. The Morgan fingerprint density at radius 1 is 1.07 bits per heavy atom. The molecule has 152 valence electrons. The minimum absolute atomic E-state index is 0.0225. The molecular formula is C24H22N2O3S. The van der Waals surface area contributed by atoms with Crippen molar-refractivity contribution in [3.63, 3.8) is 0 Å². The lowest BCUT2D eigenvalue weighted by Gasteiger charge is -2.35. The van der Waals surface area contributed by atoms with Gasteiger partial charge in [-0.15, -0.1) is 11.3 Å². The maximum absolute atomic E-state index is 13.7. The lowest BCUT2D eigenvalue weighted by molar-refractivity contribution is -0.0585. The van der Waals surface area contributed by atoms with Gasteiger partial charge >= 0.3 is 0 Å². The topological polar surface area (TPSA) is 51.0 Å².